The molecule has 1 rings (SSSR count). The molecule has 0 unspecified atom stereocenters. The van der Waals surface area contributed by atoms with E-state index in [0.717, 1.165) is 5.57 Å². The summed E-state index contributed by atoms with van der Waals surface area (Å²) in [6.07, 6.45) is 0.143. The Labute approximate surface area is 88.8 Å². The molecule has 15 heavy (non-hydrogen) atoms. The third kappa shape index (κ3) is 3.61. The first-order valence-electron chi connectivity index (χ1n) is 4.88. The van der Waals surface area contributed by atoms with E-state index < -0.39 is 5.97 Å². The normalized spacial score (nSPS) is 15.7. The predicted octanol–water partition coefficient (Wildman–Crippen LogP) is 0.679. The minimum atomic E-state index is -0.804. The SMILES string of the molecule is C=C(C)CNC(=O)N1CC(CC(=O)O)C1. The molecule has 5 nitrogen and oxygen atoms in total. The van der Waals surface area contributed by atoms with Gasteiger partial charge in [0.15, 0.2) is 0 Å². The van der Waals surface area contributed by atoms with E-state index in [9.17, 15) is 9.59 Å². The molecule has 2 N–H and O–H groups in total. The van der Waals surface area contributed by atoms with Crippen LogP contribution in [-0.4, -0.2) is 41.6 Å². The second kappa shape index (κ2) is 4.82. The van der Waals surface area contributed by atoms with Gasteiger partial charge in [-0.05, 0) is 6.92 Å². The van der Waals surface area contributed by atoms with E-state index in [1.165, 1.54) is 0 Å². The Morgan fingerprint density at radius 1 is 1.53 bits per heavy atom. The zero-order valence-electron chi connectivity index (χ0n) is 8.82. The summed E-state index contributed by atoms with van der Waals surface area (Å²) in [5.74, 6) is -0.694. The smallest absolute Gasteiger partial charge is 0.317 e. The lowest BCUT2D eigenvalue weighted by molar-refractivity contribution is -0.139. The van der Waals surface area contributed by atoms with Crippen molar-refractivity contribution in [2.75, 3.05) is 19.6 Å². The molecule has 0 radical (unpaired) electrons. The van der Waals surface area contributed by atoms with Crippen LogP contribution in [0.25, 0.3) is 0 Å². The van der Waals surface area contributed by atoms with Gasteiger partial charge in [0.2, 0.25) is 0 Å². The van der Waals surface area contributed by atoms with E-state index in [4.69, 9.17) is 5.11 Å². The van der Waals surface area contributed by atoms with Gasteiger partial charge in [-0.3, -0.25) is 4.79 Å². The Morgan fingerprint density at radius 3 is 2.60 bits per heavy atom. The fraction of sp³-hybridized carbons (Fsp3) is 0.600. The van der Waals surface area contributed by atoms with Crippen LogP contribution in [0.15, 0.2) is 12.2 Å². The maximum Gasteiger partial charge on any atom is 0.317 e. The second-order valence-corrected chi connectivity index (χ2v) is 3.98. The van der Waals surface area contributed by atoms with Gasteiger partial charge < -0.3 is 15.3 Å². The van der Waals surface area contributed by atoms with Crippen molar-refractivity contribution in [1.82, 2.24) is 10.2 Å². The summed E-state index contributed by atoms with van der Waals surface area (Å²) in [6, 6.07) is -0.139. The first-order valence-corrected chi connectivity index (χ1v) is 4.88. The van der Waals surface area contributed by atoms with Crippen molar-refractivity contribution in [2.45, 2.75) is 13.3 Å². The van der Waals surface area contributed by atoms with Crippen molar-refractivity contribution in [3.8, 4) is 0 Å². The maximum atomic E-state index is 11.4. The molecule has 0 atom stereocenters. The molecular formula is C10H16N2O3. The number of hydrogen-bond donors (Lipinski definition) is 2. The molecule has 0 aromatic heterocycles. The molecule has 1 heterocycles. The van der Waals surface area contributed by atoms with E-state index in [2.05, 4.69) is 11.9 Å². The van der Waals surface area contributed by atoms with Gasteiger partial charge in [0, 0.05) is 25.6 Å². The van der Waals surface area contributed by atoms with Gasteiger partial charge in [-0.1, -0.05) is 12.2 Å². The topological polar surface area (TPSA) is 69.6 Å². The summed E-state index contributed by atoms with van der Waals surface area (Å²) in [5.41, 5.74) is 0.894. The quantitative estimate of drug-likeness (QED) is 0.673. The molecule has 0 aromatic rings. The van der Waals surface area contributed by atoms with Gasteiger partial charge in [-0.25, -0.2) is 4.79 Å². The van der Waals surface area contributed by atoms with E-state index in [1.807, 2.05) is 6.92 Å². The number of amides is 2. The molecule has 0 aliphatic carbocycles. The number of nitrogens with zero attached hydrogens (tertiary/aromatic N) is 1. The molecule has 1 aliphatic heterocycles. The molecule has 1 saturated heterocycles. The molecule has 5 heteroatoms. The van der Waals surface area contributed by atoms with E-state index in [1.54, 1.807) is 4.90 Å². The maximum absolute atomic E-state index is 11.4. The number of nitrogens with one attached hydrogen (secondary N) is 1. The number of rotatable bonds is 4. The molecule has 0 bridgehead atoms. The van der Waals surface area contributed by atoms with Crippen LogP contribution in [0.4, 0.5) is 4.79 Å². The van der Waals surface area contributed by atoms with Crippen molar-refractivity contribution in [1.29, 1.82) is 0 Å². The predicted molar refractivity (Wildman–Crippen MR) is 55.5 cm³/mol. The third-order valence-corrected chi connectivity index (χ3v) is 2.25. The molecular weight excluding hydrogens is 196 g/mol. The monoisotopic (exact) mass is 212 g/mol. The van der Waals surface area contributed by atoms with Crippen LogP contribution in [-0.2, 0) is 4.79 Å². The zero-order valence-corrected chi connectivity index (χ0v) is 8.82. The van der Waals surface area contributed by atoms with E-state index in [-0.39, 0.29) is 18.4 Å². The first kappa shape index (κ1) is 11.6. The van der Waals surface area contributed by atoms with Gasteiger partial charge in [-0.2, -0.15) is 0 Å². The van der Waals surface area contributed by atoms with Crippen LogP contribution in [0, 0.1) is 5.92 Å². The Morgan fingerprint density at radius 2 is 2.13 bits per heavy atom. The molecule has 0 spiro atoms. The van der Waals surface area contributed by atoms with E-state index >= 15 is 0 Å². The number of carboxylic acid groups (broad SMARTS) is 1. The lowest BCUT2D eigenvalue weighted by atomic mass is 9.97. The van der Waals surface area contributed by atoms with Crippen molar-refractivity contribution in [3.63, 3.8) is 0 Å². The van der Waals surface area contributed by atoms with Crippen molar-refractivity contribution in [3.05, 3.63) is 12.2 Å². The number of hydrogen-bond acceptors (Lipinski definition) is 2. The molecule has 1 fully saturated rings. The lowest BCUT2D eigenvalue weighted by Crippen LogP contribution is -2.54. The Balaban J connectivity index is 2.18. The van der Waals surface area contributed by atoms with Gasteiger partial charge in [0.05, 0.1) is 6.42 Å². The highest BCUT2D eigenvalue weighted by molar-refractivity contribution is 5.76. The molecule has 0 aromatic carbocycles. The van der Waals surface area contributed by atoms with Gasteiger partial charge >= 0.3 is 12.0 Å². The molecule has 1 aliphatic rings. The third-order valence-electron chi connectivity index (χ3n) is 2.25. The first-order chi connectivity index (χ1) is 6.99. The fourth-order valence-corrected chi connectivity index (χ4v) is 1.45. The Hall–Kier alpha value is -1.52. The number of aliphatic carboxylic acids is 1. The lowest BCUT2D eigenvalue weighted by Gasteiger charge is -2.38. The number of carbonyl (C=O) groups excluding carboxylic acids is 1. The second-order valence-electron chi connectivity index (χ2n) is 3.98. The van der Waals surface area contributed by atoms with Gasteiger partial charge in [0.1, 0.15) is 0 Å². The average Bonchev–Trinajstić information content (AvgIpc) is 2.06. The molecule has 84 valence electrons. The van der Waals surface area contributed by atoms with Crippen LogP contribution in [0.5, 0.6) is 0 Å². The minimum absolute atomic E-state index is 0.109. The summed E-state index contributed by atoms with van der Waals surface area (Å²) in [6.45, 7) is 7.05. The van der Waals surface area contributed by atoms with Gasteiger partial charge in [0.25, 0.3) is 0 Å². The summed E-state index contributed by atoms with van der Waals surface area (Å²) >= 11 is 0. The van der Waals surface area contributed by atoms with E-state index in [0.29, 0.717) is 19.6 Å². The highest BCUT2D eigenvalue weighted by atomic mass is 16.4. The van der Waals surface area contributed by atoms with Crippen LogP contribution >= 0.6 is 0 Å². The standard InChI is InChI=1S/C10H16N2O3/c1-7(2)4-11-10(15)12-5-8(6-12)3-9(13)14/h8H,1,3-6H2,2H3,(H,11,15)(H,13,14). The number of urea groups is 1. The van der Waals surface area contributed by atoms with Crippen LogP contribution < -0.4 is 5.32 Å². The number of carboxylic acids is 1. The van der Waals surface area contributed by atoms with Crippen LogP contribution in [0.3, 0.4) is 0 Å². The van der Waals surface area contributed by atoms with Crippen LogP contribution in [0.1, 0.15) is 13.3 Å². The molecule has 0 saturated carbocycles. The molecule has 2 amide bonds. The Kier molecular flexibility index (Phi) is 3.71. The Bertz CT molecular complexity index is 282. The van der Waals surface area contributed by atoms with Gasteiger partial charge in [-0.15, -0.1) is 0 Å². The highest BCUT2D eigenvalue weighted by Crippen LogP contribution is 2.18. The fourth-order valence-electron chi connectivity index (χ4n) is 1.45. The minimum Gasteiger partial charge on any atom is -0.481 e. The van der Waals surface area contributed by atoms with Crippen molar-refractivity contribution in [2.24, 2.45) is 5.92 Å². The van der Waals surface area contributed by atoms with Crippen molar-refractivity contribution >= 4 is 12.0 Å². The summed E-state index contributed by atoms with van der Waals surface area (Å²) in [4.78, 5) is 23.4. The summed E-state index contributed by atoms with van der Waals surface area (Å²) in [5, 5.41) is 11.2. The number of likely N-dealkylation sites (tertiary alicyclic amines) is 1. The highest BCUT2D eigenvalue weighted by Gasteiger charge is 2.31. The zero-order chi connectivity index (χ0) is 11.4. The van der Waals surface area contributed by atoms with Crippen LogP contribution in [0.2, 0.25) is 0 Å². The largest absolute Gasteiger partial charge is 0.481 e. The summed E-state index contributed by atoms with van der Waals surface area (Å²) < 4.78 is 0. The number of carbonyl (C=O) groups is 2. The summed E-state index contributed by atoms with van der Waals surface area (Å²) in [7, 11) is 0. The van der Waals surface area contributed by atoms with Crippen molar-refractivity contribution < 1.29 is 14.7 Å². The average molecular weight is 212 g/mol.